The Morgan fingerprint density at radius 3 is 2.33 bits per heavy atom. The van der Waals surface area contributed by atoms with E-state index in [1.807, 2.05) is 0 Å². The van der Waals surface area contributed by atoms with Crippen LogP contribution in [-0.4, -0.2) is 46.8 Å². The minimum absolute atomic E-state index is 0.0458. The van der Waals surface area contributed by atoms with Crippen LogP contribution < -0.4 is 9.47 Å². The van der Waals surface area contributed by atoms with Crippen LogP contribution in [0.5, 0.6) is 11.5 Å². The summed E-state index contributed by atoms with van der Waals surface area (Å²) in [5, 5.41) is 0. The van der Waals surface area contributed by atoms with Gasteiger partial charge in [-0.1, -0.05) is 0 Å². The Bertz CT molecular complexity index is 526. The van der Waals surface area contributed by atoms with Crippen LogP contribution in [0.4, 0.5) is 0 Å². The van der Waals surface area contributed by atoms with Gasteiger partial charge in [-0.2, -0.15) is 4.31 Å². The van der Waals surface area contributed by atoms with Crippen LogP contribution >= 0.6 is 0 Å². The Morgan fingerprint density at radius 1 is 1.22 bits per heavy atom. The maximum Gasteiger partial charge on any atom is 0.243 e. The molecule has 0 saturated carbocycles. The summed E-state index contributed by atoms with van der Waals surface area (Å²) < 4.78 is 35.1. The van der Waals surface area contributed by atoms with Crippen molar-refractivity contribution in [2.45, 2.75) is 4.90 Å². The third kappa shape index (κ3) is 2.80. The molecule has 100 valence electrons. The zero-order valence-corrected chi connectivity index (χ0v) is 11.2. The van der Waals surface area contributed by atoms with Crippen LogP contribution in [0.1, 0.15) is 0 Å². The van der Waals surface area contributed by atoms with Crippen LogP contribution in [0.25, 0.3) is 0 Å². The quantitative estimate of drug-likeness (QED) is 0.707. The fraction of sp³-hybridized carbons (Fsp3) is 0.364. The second-order valence-electron chi connectivity index (χ2n) is 3.47. The van der Waals surface area contributed by atoms with Crippen molar-refractivity contribution in [3.05, 3.63) is 18.2 Å². The van der Waals surface area contributed by atoms with E-state index in [2.05, 4.69) is 0 Å². The van der Waals surface area contributed by atoms with E-state index in [0.717, 1.165) is 4.31 Å². The maximum absolute atomic E-state index is 12.1. The Hall–Kier alpha value is -1.60. The monoisotopic (exact) mass is 273 g/mol. The number of nitrogens with zero attached hydrogens (tertiary/aromatic N) is 1. The van der Waals surface area contributed by atoms with Gasteiger partial charge in [-0.05, 0) is 12.1 Å². The molecule has 0 bridgehead atoms. The standard InChI is InChI=1S/C11H15NO5S/c1-12(6-7-13)18(14,15)9-4-5-10(16-2)11(8-9)17-3/h4-5,7-8H,6H2,1-3H3. The van der Waals surface area contributed by atoms with Gasteiger partial charge >= 0.3 is 0 Å². The van der Waals surface area contributed by atoms with Crippen molar-refractivity contribution in [3.63, 3.8) is 0 Å². The van der Waals surface area contributed by atoms with E-state index >= 15 is 0 Å². The summed E-state index contributed by atoms with van der Waals surface area (Å²) in [6.07, 6.45) is 0.526. The first-order valence-corrected chi connectivity index (χ1v) is 6.53. The van der Waals surface area contributed by atoms with Crippen molar-refractivity contribution in [2.75, 3.05) is 27.8 Å². The highest BCUT2D eigenvalue weighted by Crippen LogP contribution is 2.30. The summed E-state index contributed by atoms with van der Waals surface area (Å²) >= 11 is 0. The third-order valence-electron chi connectivity index (χ3n) is 2.39. The number of rotatable bonds is 6. The number of hydrogen-bond donors (Lipinski definition) is 0. The summed E-state index contributed by atoms with van der Waals surface area (Å²) in [7, 11) is 0.524. The molecule has 0 unspecified atom stereocenters. The molecule has 0 amide bonds. The Balaban J connectivity index is 3.21. The second kappa shape index (κ2) is 5.83. The topological polar surface area (TPSA) is 72.9 Å². The first kappa shape index (κ1) is 14.5. The number of sulfonamides is 1. The molecule has 0 heterocycles. The van der Waals surface area contributed by atoms with E-state index in [-0.39, 0.29) is 11.4 Å². The largest absolute Gasteiger partial charge is 0.493 e. The van der Waals surface area contributed by atoms with Crippen LogP contribution in [0.3, 0.4) is 0 Å². The molecule has 0 aliphatic rings. The first-order chi connectivity index (χ1) is 8.47. The van der Waals surface area contributed by atoms with Crippen molar-refractivity contribution in [1.29, 1.82) is 0 Å². The van der Waals surface area contributed by atoms with E-state index in [1.54, 1.807) is 0 Å². The van der Waals surface area contributed by atoms with Gasteiger partial charge < -0.3 is 14.3 Å². The first-order valence-electron chi connectivity index (χ1n) is 5.09. The zero-order chi connectivity index (χ0) is 13.8. The number of carbonyl (C=O) groups is 1. The second-order valence-corrected chi connectivity index (χ2v) is 5.51. The molecule has 1 rings (SSSR count). The van der Waals surface area contributed by atoms with Gasteiger partial charge in [0.05, 0.1) is 25.7 Å². The lowest BCUT2D eigenvalue weighted by molar-refractivity contribution is -0.107. The molecule has 0 radical (unpaired) electrons. The molecule has 0 fully saturated rings. The summed E-state index contributed by atoms with van der Waals surface area (Å²) in [6.45, 7) is -0.198. The van der Waals surface area contributed by atoms with Crippen LogP contribution in [-0.2, 0) is 14.8 Å². The van der Waals surface area contributed by atoms with E-state index in [0.29, 0.717) is 17.8 Å². The Kier molecular flexibility index (Phi) is 4.69. The van der Waals surface area contributed by atoms with Crippen molar-refractivity contribution in [1.82, 2.24) is 4.31 Å². The molecule has 0 N–H and O–H groups in total. The fourth-order valence-electron chi connectivity index (χ4n) is 1.36. The normalized spacial score (nSPS) is 11.3. The molecular weight excluding hydrogens is 258 g/mol. The van der Waals surface area contributed by atoms with Gasteiger partial charge in [-0.3, -0.25) is 0 Å². The summed E-state index contributed by atoms with van der Waals surface area (Å²) in [5.41, 5.74) is 0. The molecule has 0 aromatic heterocycles. The molecule has 7 heteroatoms. The predicted octanol–water partition coefficient (Wildman–Crippen LogP) is 0.523. The molecule has 0 saturated heterocycles. The highest BCUT2D eigenvalue weighted by atomic mass is 32.2. The lowest BCUT2D eigenvalue weighted by atomic mass is 10.3. The highest BCUT2D eigenvalue weighted by molar-refractivity contribution is 7.89. The molecular formula is C11H15NO5S. The molecule has 0 aliphatic heterocycles. The van der Waals surface area contributed by atoms with Gasteiger partial charge in [0.2, 0.25) is 10.0 Å². The number of carbonyl (C=O) groups excluding carboxylic acids is 1. The molecule has 18 heavy (non-hydrogen) atoms. The Labute approximate surface area is 106 Å². The molecule has 1 aromatic carbocycles. The molecule has 6 nitrogen and oxygen atoms in total. The summed E-state index contributed by atoms with van der Waals surface area (Å²) in [4.78, 5) is 10.4. The van der Waals surface area contributed by atoms with E-state index in [9.17, 15) is 13.2 Å². The lowest BCUT2D eigenvalue weighted by Gasteiger charge is -2.15. The van der Waals surface area contributed by atoms with Crippen LogP contribution in [0.2, 0.25) is 0 Å². The number of aldehydes is 1. The Morgan fingerprint density at radius 2 is 1.83 bits per heavy atom. The number of methoxy groups -OCH3 is 2. The van der Waals surface area contributed by atoms with Gasteiger partial charge in [-0.15, -0.1) is 0 Å². The van der Waals surface area contributed by atoms with Crippen molar-refractivity contribution in [3.8, 4) is 11.5 Å². The predicted molar refractivity (Wildman–Crippen MR) is 65.4 cm³/mol. The van der Waals surface area contributed by atoms with Gasteiger partial charge in [0.25, 0.3) is 0 Å². The summed E-state index contributed by atoms with van der Waals surface area (Å²) in [5.74, 6) is 0.757. The van der Waals surface area contributed by atoms with E-state index in [1.165, 1.54) is 39.5 Å². The molecule has 0 spiro atoms. The number of likely N-dealkylation sites (N-methyl/N-ethyl adjacent to an activating group) is 1. The van der Waals surface area contributed by atoms with Gasteiger partial charge in [0, 0.05) is 13.1 Å². The van der Waals surface area contributed by atoms with Crippen LogP contribution in [0, 0.1) is 0 Å². The lowest BCUT2D eigenvalue weighted by Crippen LogP contribution is -2.28. The minimum Gasteiger partial charge on any atom is -0.493 e. The van der Waals surface area contributed by atoms with E-state index < -0.39 is 10.0 Å². The average Bonchev–Trinajstić information content (AvgIpc) is 2.38. The van der Waals surface area contributed by atoms with Gasteiger partial charge in [0.1, 0.15) is 6.29 Å². The van der Waals surface area contributed by atoms with Crippen molar-refractivity contribution in [2.24, 2.45) is 0 Å². The molecule has 1 aromatic rings. The van der Waals surface area contributed by atoms with Gasteiger partial charge in [-0.25, -0.2) is 8.42 Å². The number of hydrogen-bond acceptors (Lipinski definition) is 5. The fourth-order valence-corrected chi connectivity index (χ4v) is 2.47. The SMILES string of the molecule is COc1ccc(S(=O)(=O)N(C)CC=O)cc1OC. The van der Waals surface area contributed by atoms with Crippen molar-refractivity contribution >= 4 is 16.3 Å². The molecule has 0 aliphatic carbocycles. The van der Waals surface area contributed by atoms with Crippen LogP contribution in [0.15, 0.2) is 23.1 Å². The summed E-state index contributed by atoms with van der Waals surface area (Å²) in [6, 6.07) is 4.26. The van der Waals surface area contributed by atoms with E-state index in [4.69, 9.17) is 9.47 Å². The average molecular weight is 273 g/mol. The maximum atomic E-state index is 12.1. The molecule has 0 atom stereocenters. The van der Waals surface area contributed by atoms with Crippen molar-refractivity contribution < 1.29 is 22.7 Å². The minimum atomic E-state index is -3.69. The highest BCUT2D eigenvalue weighted by Gasteiger charge is 2.21. The van der Waals surface area contributed by atoms with Gasteiger partial charge in [0.15, 0.2) is 11.5 Å². The smallest absolute Gasteiger partial charge is 0.243 e. The zero-order valence-electron chi connectivity index (χ0n) is 10.4. The third-order valence-corrected chi connectivity index (χ3v) is 4.21. The number of ether oxygens (including phenoxy) is 2. The number of benzene rings is 1.